The molecule has 0 unspecified atom stereocenters. The highest BCUT2D eigenvalue weighted by Crippen LogP contribution is 2.63. The van der Waals surface area contributed by atoms with E-state index in [2.05, 4.69) is 166 Å². The number of fused-ring (bicyclic) bond motifs is 12. The Hall–Kier alpha value is -5.66. The van der Waals surface area contributed by atoms with Crippen LogP contribution in [0.3, 0.4) is 0 Å². The summed E-state index contributed by atoms with van der Waals surface area (Å²) in [5, 5.41) is 0. The van der Waals surface area contributed by atoms with Crippen LogP contribution in [0.4, 0.5) is 0 Å². The van der Waals surface area contributed by atoms with E-state index in [4.69, 9.17) is 4.74 Å². The van der Waals surface area contributed by atoms with E-state index in [9.17, 15) is 0 Å². The van der Waals surface area contributed by atoms with Crippen molar-refractivity contribution in [1.29, 1.82) is 0 Å². The van der Waals surface area contributed by atoms with Gasteiger partial charge in [0.1, 0.15) is 11.5 Å². The molecule has 0 radical (unpaired) electrons. The van der Waals surface area contributed by atoms with Gasteiger partial charge in [-0.3, -0.25) is 0 Å². The molecule has 0 bridgehead atoms. The summed E-state index contributed by atoms with van der Waals surface area (Å²) in [6, 6.07) is 58.2. The van der Waals surface area contributed by atoms with Crippen LogP contribution in [-0.4, -0.2) is 0 Å². The summed E-state index contributed by atoms with van der Waals surface area (Å²) in [4.78, 5) is 0. The van der Waals surface area contributed by atoms with E-state index in [0.29, 0.717) is 0 Å². The maximum atomic E-state index is 6.41. The smallest absolute Gasteiger partial charge is 0.131 e. The first-order chi connectivity index (χ1) is 23.1. The molecule has 2 aliphatic carbocycles. The van der Waals surface area contributed by atoms with Crippen molar-refractivity contribution in [3.05, 3.63) is 191 Å². The van der Waals surface area contributed by atoms with Crippen molar-refractivity contribution in [1.82, 2.24) is 0 Å². The molecular formula is C46H32O. The summed E-state index contributed by atoms with van der Waals surface area (Å²) in [7, 11) is 0. The first kappa shape index (κ1) is 26.5. The topological polar surface area (TPSA) is 9.23 Å². The fraction of sp³-hybridized carbons (Fsp3) is 0.0870. The Balaban J connectivity index is 1.18. The molecule has 0 N–H and O–H groups in total. The number of ether oxygens (including phenoxy) is 1. The summed E-state index contributed by atoms with van der Waals surface area (Å²) in [6.45, 7) is 4.61. The Kier molecular flexibility index (Phi) is 5.33. The molecular weight excluding hydrogens is 569 g/mol. The molecule has 1 aliphatic heterocycles. The van der Waals surface area contributed by atoms with E-state index in [-0.39, 0.29) is 10.8 Å². The van der Waals surface area contributed by atoms with Crippen molar-refractivity contribution in [2.45, 2.75) is 24.7 Å². The lowest BCUT2D eigenvalue weighted by Crippen LogP contribution is -2.25. The number of hydrogen-bond donors (Lipinski definition) is 0. The molecule has 47 heavy (non-hydrogen) atoms. The highest BCUT2D eigenvalue weighted by atomic mass is 16.5. The van der Waals surface area contributed by atoms with Gasteiger partial charge in [-0.2, -0.15) is 0 Å². The Labute approximate surface area is 275 Å². The van der Waals surface area contributed by atoms with Gasteiger partial charge < -0.3 is 4.74 Å². The molecule has 0 fully saturated rings. The maximum Gasteiger partial charge on any atom is 0.131 e. The molecule has 10 rings (SSSR count). The zero-order valence-corrected chi connectivity index (χ0v) is 26.4. The van der Waals surface area contributed by atoms with Gasteiger partial charge in [-0.05, 0) is 91.0 Å². The fourth-order valence-corrected chi connectivity index (χ4v) is 8.86. The summed E-state index contributed by atoms with van der Waals surface area (Å²) in [5.74, 6) is 1.88. The van der Waals surface area contributed by atoms with Crippen LogP contribution in [0.25, 0.3) is 44.5 Å². The van der Waals surface area contributed by atoms with Crippen molar-refractivity contribution in [2.24, 2.45) is 0 Å². The Morgan fingerprint density at radius 1 is 0.340 bits per heavy atom. The van der Waals surface area contributed by atoms with Gasteiger partial charge >= 0.3 is 0 Å². The molecule has 1 heteroatoms. The molecule has 0 saturated carbocycles. The van der Waals surface area contributed by atoms with Crippen molar-refractivity contribution < 1.29 is 4.74 Å². The molecule has 0 amide bonds. The molecule has 0 aromatic heterocycles. The molecule has 0 saturated heterocycles. The molecule has 3 aliphatic rings. The quantitative estimate of drug-likeness (QED) is 0.192. The fourth-order valence-electron chi connectivity index (χ4n) is 8.86. The van der Waals surface area contributed by atoms with Crippen LogP contribution in [0.5, 0.6) is 11.5 Å². The van der Waals surface area contributed by atoms with Gasteiger partial charge in [0.05, 0.1) is 5.41 Å². The van der Waals surface area contributed by atoms with Crippen molar-refractivity contribution in [3.8, 4) is 56.0 Å². The largest absolute Gasteiger partial charge is 0.457 e. The minimum absolute atomic E-state index is 0.176. The number of hydrogen-bond acceptors (Lipinski definition) is 1. The molecule has 1 heterocycles. The summed E-state index contributed by atoms with van der Waals surface area (Å²) in [6.07, 6.45) is 0. The number of para-hydroxylation sites is 1. The summed E-state index contributed by atoms with van der Waals surface area (Å²) in [5.41, 5.74) is 17.6. The lowest BCUT2D eigenvalue weighted by atomic mass is 9.70. The lowest BCUT2D eigenvalue weighted by Gasteiger charge is -2.34. The zero-order valence-electron chi connectivity index (χ0n) is 26.4. The van der Waals surface area contributed by atoms with E-state index in [1.165, 1.54) is 77.9 Å². The molecule has 1 spiro atoms. The molecule has 7 aromatic rings. The first-order valence-corrected chi connectivity index (χ1v) is 16.5. The lowest BCUT2D eigenvalue weighted by molar-refractivity contribution is 0.418. The molecule has 7 aromatic carbocycles. The standard InChI is InChI=1S/C46H32O/c1-45(2)40-21-11-12-22-43(40)47-44-26-24-30(28-42(44)45)32-14-4-3-13-31(32)29-23-25-36-35-17-7-10-20-39(35)46(41(36)27-29)37-18-8-5-15-33(37)34-16-6-9-19-38(34)46/h3-28H,1-2H3. The second kappa shape index (κ2) is 9.44. The normalized spacial score (nSPS) is 15.1. The third kappa shape index (κ3) is 3.44. The summed E-state index contributed by atoms with van der Waals surface area (Å²) < 4.78 is 6.41. The predicted molar refractivity (Wildman–Crippen MR) is 192 cm³/mol. The highest BCUT2D eigenvalue weighted by Gasteiger charge is 2.51. The van der Waals surface area contributed by atoms with Gasteiger partial charge in [-0.15, -0.1) is 0 Å². The van der Waals surface area contributed by atoms with Crippen LogP contribution in [0.1, 0.15) is 47.2 Å². The molecule has 222 valence electrons. The highest BCUT2D eigenvalue weighted by molar-refractivity contribution is 5.96. The van der Waals surface area contributed by atoms with E-state index in [0.717, 1.165) is 11.5 Å². The number of rotatable bonds is 2. The third-order valence-electron chi connectivity index (χ3n) is 11.0. The van der Waals surface area contributed by atoms with E-state index in [1.807, 2.05) is 6.07 Å². The van der Waals surface area contributed by atoms with Gasteiger partial charge in [0.15, 0.2) is 0 Å². The number of benzene rings is 7. The third-order valence-corrected chi connectivity index (χ3v) is 11.0. The Morgan fingerprint density at radius 3 is 1.32 bits per heavy atom. The van der Waals surface area contributed by atoms with Crippen LogP contribution in [-0.2, 0) is 10.8 Å². The van der Waals surface area contributed by atoms with E-state index < -0.39 is 0 Å². The van der Waals surface area contributed by atoms with Crippen LogP contribution >= 0.6 is 0 Å². The van der Waals surface area contributed by atoms with Crippen LogP contribution < -0.4 is 4.74 Å². The van der Waals surface area contributed by atoms with Gasteiger partial charge in [0.2, 0.25) is 0 Å². The van der Waals surface area contributed by atoms with Crippen molar-refractivity contribution in [3.63, 3.8) is 0 Å². The SMILES string of the molecule is CC1(C)c2ccccc2Oc2ccc(-c3ccccc3-c3ccc4c(c3)C3(c5ccccc5-c5ccccc53)c3ccccc3-4)cc21. The van der Waals surface area contributed by atoms with Crippen molar-refractivity contribution >= 4 is 0 Å². The van der Waals surface area contributed by atoms with Crippen LogP contribution in [0.15, 0.2) is 158 Å². The first-order valence-electron chi connectivity index (χ1n) is 16.5. The van der Waals surface area contributed by atoms with Crippen molar-refractivity contribution in [2.75, 3.05) is 0 Å². The van der Waals surface area contributed by atoms with Gasteiger partial charge in [-0.25, -0.2) is 0 Å². The minimum atomic E-state index is -0.357. The predicted octanol–water partition coefficient (Wildman–Crippen LogP) is 11.8. The van der Waals surface area contributed by atoms with Gasteiger partial charge in [-0.1, -0.05) is 147 Å². The Bertz CT molecular complexity index is 2360. The minimum Gasteiger partial charge on any atom is -0.457 e. The second-order valence-corrected chi connectivity index (χ2v) is 13.6. The zero-order chi connectivity index (χ0) is 31.3. The van der Waals surface area contributed by atoms with E-state index >= 15 is 0 Å². The molecule has 0 atom stereocenters. The summed E-state index contributed by atoms with van der Waals surface area (Å²) >= 11 is 0. The average Bonchev–Trinajstić information content (AvgIpc) is 3.59. The van der Waals surface area contributed by atoms with Crippen LogP contribution in [0.2, 0.25) is 0 Å². The average molecular weight is 601 g/mol. The van der Waals surface area contributed by atoms with Crippen LogP contribution in [0, 0.1) is 0 Å². The Morgan fingerprint density at radius 2 is 0.745 bits per heavy atom. The van der Waals surface area contributed by atoms with E-state index in [1.54, 1.807) is 0 Å². The second-order valence-electron chi connectivity index (χ2n) is 13.6. The molecule has 1 nitrogen and oxygen atoms in total. The monoisotopic (exact) mass is 600 g/mol. The van der Waals surface area contributed by atoms with Gasteiger partial charge in [0, 0.05) is 16.5 Å². The van der Waals surface area contributed by atoms with Gasteiger partial charge in [0.25, 0.3) is 0 Å². The maximum absolute atomic E-state index is 6.41.